The van der Waals surface area contributed by atoms with Crippen molar-refractivity contribution in [1.82, 2.24) is 4.90 Å². The van der Waals surface area contributed by atoms with Crippen molar-refractivity contribution in [2.75, 3.05) is 0 Å². The summed E-state index contributed by atoms with van der Waals surface area (Å²) in [5.41, 5.74) is 8.79. The molecule has 0 spiro atoms. The fourth-order valence-electron chi connectivity index (χ4n) is 3.18. The highest BCUT2D eigenvalue weighted by Crippen LogP contribution is 2.39. The van der Waals surface area contributed by atoms with Gasteiger partial charge in [0.25, 0.3) is 0 Å². The molecular weight excluding hydrogens is 316 g/mol. The van der Waals surface area contributed by atoms with Crippen LogP contribution in [0.1, 0.15) is 49.3 Å². The lowest BCUT2D eigenvalue weighted by atomic mass is 9.95. The molecule has 2 aliphatic rings. The highest BCUT2D eigenvalue weighted by molar-refractivity contribution is 9.10. The molecule has 0 radical (unpaired) electrons. The minimum atomic E-state index is 0.0441. The van der Waals surface area contributed by atoms with Gasteiger partial charge in [0.1, 0.15) is 0 Å². The van der Waals surface area contributed by atoms with E-state index in [1.165, 1.54) is 11.1 Å². The fraction of sp³-hybridized carbons (Fsp3) is 0.562. The molecule has 1 saturated heterocycles. The topological polar surface area (TPSA) is 46.3 Å². The van der Waals surface area contributed by atoms with Crippen molar-refractivity contribution in [3.63, 3.8) is 0 Å². The molecule has 0 bridgehead atoms. The quantitative estimate of drug-likeness (QED) is 0.900. The van der Waals surface area contributed by atoms with Crippen LogP contribution >= 0.6 is 15.9 Å². The second-order valence-electron chi connectivity index (χ2n) is 6.04. The molecule has 2 N–H and O–H groups in total. The van der Waals surface area contributed by atoms with E-state index in [1.807, 2.05) is 0 Å². The van der Waals surface area contributed by atoms with E-state index in [2.05, 4.69) is 46.0 Å². The number of carbonyl (C=O) groups excluding carboxylic acids is 1. The molecule has 1 aliphatic heterocycles. The average Bonchev–Trinajstić information content (AvgIpc) is 3.22. The fourth-order valence-corrected chi connectivity index (χ4v) is 3.43. The summed E-state index contributed by atoms with van der Waals surface area (Å²) < 4.78 is 1.10. The number of amides is 1. The predicted molar refractivity (Wildman–Crippen MR) is 83.3 cm³/mol. The van der Waals surface area contributed by atoms with Gasteiger partial charge in [0, 0.05) is 23.0 Å². The highest BCUT2D eigenvalue weighted by Gasteiger charge is 2.41. The average molecular weight is 337 g/mol. The van der Waals surface area contributed by atoms with Gasteiger partial charge in [-0.2, -0.15) is 0 Å². The molecule has 1 aliphatic carbocycles. The van der Waals surface area contributed by atoms with E-state index in [0.717, 1.165) is 30.2 Å². The van der Waals surface area contributed by atoms with E-state index < -0.39 is 0 Å². The minimum absolute atomic E-state index is 0.0441. The highest BCUT2D eigenvalue weighted by atomic mass is 79.9. The monoisotopic (exact) mass is 336 g/mol. The third kappa shape index (κ3) is 2.63. The maximum Gasteiger partial charge on any atom is 0.223 e. The summed E-state index contributed by atoms with van der Waals surface area (Å²) in [5.74, 6) is 0.283. The van der Waals surface area contributed by atoms with Crippen LogP contribution in [0, 0.1) is 6.92 Å². The first-order valence-electron chi connectivity index (χ1n) is 7.40. The Kier molecular flexibility index (Phi) is 3.87. The van der Waals surface area contributed by atoms with Crippen molar-refractivity contribution in [3.8, 4) is 0 Å². The van der Waals surface area contributed by atoms with Crippen LogP contribution in [0.2, 0.25) is 0 Å². The number of halogens is 1. The second-order valence-corrected chi connectivity index (χ2v) is 6.90. The number of aryl methyl sites for hydroxylation is 1. The Morgan fingerprint density at radius 3 is 2.70 bits per heavy atom. The number of hydrogen-bond donors (Lipinski definition) is 1. The summed E-state index contributed by atoms with van der Waals surface area (Å²) >= 11 is 3.54. The molecule has 2 atom stereocenters. The van der Waals surface area contributed by atoms with Crippen LogP contribution in [0.5, 0.6) is 0 Å². The van der Waals surface area contributed by atoms with Crippen molar-refractivity contribution in [2.45, 2.75) is 57.2 Å². The lowest BCUT2D eigenvalue weighted by molar-refractivity contribution is -0.133. The van der Waals surface area contributed by atoms with E-state index in [9.17, 15) is 4.79 Å². The molecule has 3 nitrogen and oxygen atoms in total. The molecule has 0 aromatic heterocycles. The van der Waals surface area contributed by atoms with Crippen LogP contribution in [0.15, 0.2) is 22.7 Å². The molecule has 20 heavy (non-hydrogen) atoms. The van der Waals surface area contributed by atoms with Crippen LogP contribution in [0.3, 0.4) is 0 Å². The van der Waals surface area contributed by atoms with Gasteiger partial charge in [-0.25, -0.2) is 0 Å². The summed E-state index contributed by atoms with van der Waals surface area (Å²) in [6.07, 6.45) is 4.75. The Hall–Kier alpha value is -0.870. The van der Waals surface area contributed by atoms with Gasteiger partial charge in [-0.05, 0) is 49.8 Å². The van der Waals surface area contributed by atoms with Crippen molar-refractivity contribution >= 4 is 21.8 Å². The van der Waals surface area contributed by atoms with Crippen molar-refractivity contribution in [2.24, 2.45) is 5.73 Å². The van der Waals surface area contributed by atoms with E-state index in [1.54, 1.807) is 0 Å². The van der Waals surface area contributed by atoms with Crippen molar-refractivity contribution < 1.29 is 4.79 Å². The van der Waals surface area contributed by atoms with Gasteiger partial charge >= 0.3 is 0 Å². The van der Waals surface area contributed by atoms with E-state index in [-0.39, 0.29) is 18.0 Å². The van der Waals surface area contributed by atoms with Gasteiger partial charge in [-0.3, -0.25) is 4.79 Å². The third-order valence-corrected chi connectivity index (χ3v) is 5.27. The van der Waals surface area contributed by atoms with Crippen LogP contribution in [0.25, 0.3) is 0 Å². The molecule has 1 aromatic carbocycles. The number of hydrogen-bond acceptors (Lipinski definition) is 2. The Balaban J connectivity index is 2.00. The van der Waals surface area contributed by atoms with E-state index in [4.69, 9.17) is 5.73 Å². The lowest BCUT2D eigenvalue weighted by Crippen LogP contribution is -2.43. The minimum Gasteiger partial charge on any atom is -0.331 e. The molecule has 4 heteroatoms. The summed E-state index contributed by atoms with van der Waals surface area (Å²) in [4.78, 5) is 14.5. The first kappa shape index (κ1) is 14.1. The van der Waals surface area contributed by atoms with Crippen molar-refractivity contribution in [3.05, 3.63) is 33.8 Å². The zero-order valence-corrected chi connectivity index (χ0v) is 13.4. The smallest absolute Gasteiger partial charge is 0.223 e. The molecule has 1 amide bonds. The van der Waals surface area contributed by atoms with E-state index >= 15 is 0 Å². The molecule has 108 valence electrons. The summed E-state index contributed by atoms with van der Waals surface area (Å²) in [6, 6.07) is 6.85. The predicted octanol–water partition coefficient (Wildman–Crippen LogP) is 3.30. The van der Waals surface area contributed by atoms with Crippen LogP contribution in [-0.2, 0) is 4.79 Å². The molecule has 1 saturated carbocycles. The van der Waals surface area contributed by atoms with Crippen LogP contribution in [0.4, 0.5) is 0 Å². The van der Waals surface area contributed by atoms with Gasteiger partial charge < -0.3 is 10.6 Å². The number of benzene rings is 1. The Labute approximate surface area is 128 Å². The summed E-state index contributed by atoms with van der Waals surface area (Å²) in [7, 11) is 0. The zero-order chi connectivity index (χ0) is 14.3. The molecule has 2 unspecified atom stereocenters. The Bertz CT molecular complexity index is 527. The van der Waals surface area contributed by atoms with E-state index in [0.29, 0.717) is 12.5 Å². The number of rotatable bonds is 2. The number of likely N-dealkylation sites (tertiary alicyclic amines) is 1. The molecule has 2 fully saturated rings. The van der Waals surface area contributed by atoms with Crippen LogP contribution < -0.4 is 5.73 Å². The maximum atomic E-state index is 12.4. The van der Waals surface area contributed by atoms with Crippen molar-refractivity contribution in [1.29, 1.82) is 0 Å². The standard InChI is InChI=1S/C16H21BrN2O/c1-10-9-11(5-8-13(10)17)16-14(18)3-2-4-15(20)19(16)12-6-7-12/h5,8-9,12,14,16H,2-4,6-7,18H2,1H3. The maximum absolute atomic E-state index is 12.4. The lowest BCUT2D eigenvalue weighted by Gasteiger charge is -2.34. The largest absolute Gasteiger partial charge is 0.331 e. The van der Waals surface area contributed by atoms with Gasteiger partial charge in [0.2, 0.25) is 5.91 Å². The second kappa shape index (κ2) is 5.49. The number of nitrogens with two attached hydrogens (primary N) is 1. The molecular formula is C16H21BrN2O. The first-order chi connectivity index (χ1) is 9.58. The first-order valence-corrected chi connectivity index (χ1v) is 8.20. The van der Waals surface area contributed by atoms with Gasteiger partial charge in [-0.15, -0.1) is 0 Å². The molecule has 1 heterocycles. The normalized spacial score (nSPS) is 27.6. The SMILES string of the molecule is Cc1cc(C2C(N)CCCC(=O)N2C2CC2)ccc1Br. The van der Waals surface area contributed by atoms with Gasteiger partial charge in [0.15, 0.2) is 0 Å². The molecule has 1 aromatic rings. The van der Waals surface area contributed by atoms with Gasteiger partial charge in [0.05, 0.1) is 6.04 Å². The number of nitrogens with zero attached hydrogens (tertiary/aromatic N) is 1. The number of carbonyl (C=O) groups is 1. The zero-order valence-electron chi connectivity index (χ0n) is 11.8. The van der Waals surface area contributed by atoms with Crippen LogP contribution in [-0.4, -0.2) is 22.9 Å². The summed E-state index contributed by atoms with van der Waals surface area (Å²) in [6.45, 7) is 2.08. The molecule has 3 rings (SSSR count). The third-order valence-electron chi connectivity index (χ3n) is 4.39. The summed E-state index contributed by atoms with van der Waals surface area (Å²) in [5, 5.41) is 0. The Morgan fingerprint density at radius 1 is 1.30 bits per heavy atom. The Morgan fingerprint density at radius 2 is 2.05 bits per heavy atom. The van der Waals surface area contributed by atoms with Gasteiger partial charge in [-0.1, -0.05) is 28.1 Å².